The predicted molar refractivity (Wildman–Crippen MR) is 61.7 cm³/mol. The topological polar surface area (TPSA) is 27.1 Å². The minimum Gasteiger partial charge on any atom is -0.356 e. The first kappa shape index (κ1) is 9.36. The van der Waals surface area contributed by atoms with Gasteiger partial charge in [0.05, 0.1) is 5.52 Å². The van der Waals surface area contributed by atoms with Gasteiger partial charge in [0.25, 0.3) is 0 Å². The van der Waals surface area contributed by atoms with E-state index in [1.165, 1.54) is 0 Å². The third-order valence-electron chi connectivity index (χ3n) is 2.75. The molecule has 0 N–H and O–H groups in total. The Bertz CT molecular complexity index is 488. The third kappa shape index (κ3) is 1.48. The molecule has 0 radical (unpaired) electrons. The number of ether oxygens (including phenoxy) is 1. The zero-order chi connectivity index (χ0) is 10.3. The van der Waals surface area contributed by atoms with E-state index < -0.39 is 0 Å². The van der Waals surface area contributed by atoms with Crippen molar-refractivity contribution in [3.63, 3.8) is 0 Å². The molecule has 1 aliphatic heterocycles. The summed E-state index contributed by atoms with van der Waals surface area (Å²) in [7, 11) is 0. The molecule has 3 nitrogen and oxygen atoms in total. The van der Waals surface area contributed by atoms with E-state index in [9.17, 15) is 0 Å². The van der Waals surface area contributed by atoms with E-state index in [1.807, 2.05) is 16.8 Å². The van der Waals surface area contributed by atoms with Gasteiger partial charge in [-0.1, -0.05) is 18.2 Å². The van der Waals surface area contributed by atoms with Crippen LogP contribution in [-0.2, 0) is 4.74 Å². The molecule has 0 saturated carbocycles. The zero-order valence-electron chi connectivity index (χ0n) is 8.19. The number of halogens is 1. The van der Waals surface area contributed by atoms with Gasteiger partial charge in [0.1, 0.15) is 4.60 Å². The molecule has 3 rings (SSSR count). The molecule has 78 valence electrons. The fourth-order valence-electron chi connectivity index (χ4n) is 2.02. The molecule has 2 heterocycles. The van der Waals surface area contributed by atoms with E-state index in [0.29, 0.717) is 0 Å². The summed E-state index contributed by atoms with van der Waals surface area (Å²) in [5, 5.41) is 5.63. The molecule has 1 unspecified atom stereocenters. The van der Waals surface area contributed by atoms with Crippen LogP contribution in [0, 0.1) is 0 Å². The molecule has 1 atom stereocenters. The van der Waals surface area contributed by atoms with Gasteiger partial charge in [-0.05, 0) is 34.8 Å². The molecule has 0 aliphatic carbocycles. The summed E-state index contributed by atoms with van der Waals surface area (Å²) in [6.45, 7) is 0.844. The van der Waals surface area contributed by atoms with Crippen molar-refractivity contribution in [3.05, 3.63) is 28.9 Å². The molecule has 0 bridgehead atoms. The van der Waals surface area contributed by atoms with Gasteiger partial charge in [-0.25, -0.2) is 4.68 Å². The molecule has 4 heteroatoms. The van der Waals surface area contributed by atoms with Gasteiger partial charge in [0.15, 0.2) is 6.23 Å². The average molecular weight is 267 g/mol. The van der Waals surface area contributed by atoms with Crippen molar-refractivity contribution >= 4 is 26.8 Å². The number of hydrogen-bond acceptors (Lipinski definition) is 2. The number of aromatic nitrogens is 2. The first-order valence-electron chi connectivity index (χ1n) is 5.10. The fraction of sp³-hybridized carbons (Fsp3) is 0.364. The standard InChI is InChI=1S/C11H11BrN2O/c12-11-8-4-1-2-5-9(8)14(13-11)10-6-3-7-15-10/h1-2,4-5,10H,3,6-7H2. The Hall–Kier alpha value is -0.870. The number of fused-ring (bicyclic) bond motifs is 1. The maximum atomic E-state index is 5.64. The Kier molecular flexibility index (Phi) is 2.25. The van der Waals surface area contributed by atoms with E-state index in [0.717, 1.165) is 35.0 Å². The second kappa shape index (κ2) is 3.61. The lowest BCUT2D eigenvalue weighted by molar-refractivity contribution is 0.0501. The molecule has 0 spiro atoms. The van der Waals surface area contributed by atoms with Crippen LogP contribution in [0.3, 0.4) is 0 Å². The highest BCUT2D eigenvalue weighted by Gasteiger charge is 2.21. The van der Waals surface area contributed by atoms with Gasteiger partial charge in [-0.15, -0.1) is 0 Å². The van der Waals surface area contributed by atoms with Gasteiger partial charge in [-0.3, -0.25) is 0 Å². The Morgan fingerprint density at radius 2 is 2.27 bits per heavy atom. The summed E-state index contributed by atoms with van der Waals surface area (Å²) < 4.78 is 8.52. The van der Waals surface area contributed by atoms with Crippen molar-refractivity contribution in [2.75, 3.05) is 6.61 Å². The van der Waals surface area contributed by atoms with Crippen LogP contribution in [0.2, 0.25) is 0 Å². The molecule has 1 aromatic heterocycles. The number of hydrogen-bond donors (Lipinski definition) is 0. The Labute approximate surface area is 96.2 Å². The van der Waals surface area contributed by atoms with E-state index in [4.69, 9.17) is 4.74 Å². The number of benzene rings is 1. The monoisotopic (exact) mass is 266 g/mol. The highest BCUT2D eigenvalue weighted by Crippen LogP contribution is 2.30. The van der Waals surface area contributed by atoms with Crippen LogP contribution in [-0.4, -0.2) is 16.4 Å². The van der Waals surface area contributed by atoms with Gasteiger partial charge in [0, 0.05) is 12.0 Å². The SMILES string of the molecule is Brc1nn(C2CCCO2)c2ccccc12. The summed E-state index contributed by atoms with van der Waals surface area (Å²) in [4.78, 5) is 0. The summed E-state index contributed by atoms with van der Waals surface area (Å²) >= 11 is 3.48. The molecule has 1 aliphatic rings. The van der Waals surface area contributed by atoms with Crippen LogP contribution in [0.1, 0.15) is 19.1 Å². The van der Waals surface area contributed by atoms with Crippen molar-refractivity contribution in [3.8, 4) is 0 Å². The smallest absolute Gasteiger partial charge is 0.150 e. The molecular weight excluding hydrogens is 256 g/mol. The zero-order valence-corrected chi connectivity index (χ0v) is 9.77. The van der Waals surface area contributed by atoms with E-state index >= 15 is 0 Å². The van der Waals surface area contributed by atoms with E-state index in [1.54, 1.807) is 0 Å². The molecule has 1 saturated heterocycles. The molecule has 1 aromatic carbocycles. The van der Waals surface area contributed by atoms with Crippen LogP contribution >= 0.6 is 15.9 Å². The average Bonchev–Trinajstić information content (AvgIpc) is 2.87. The first-order valence-corrected chi connectivity index (χ1v) is 5.90. The molecule has 15 heavy (non-hydrogen) atoms. The van der Waals surface area contributed by atoms with Crippen molar-refractivity contribution in [1.82, 2.24) is 9.78 Å². The Morgan fingerprint density at radius 3 is 3.07 bits per heavy atom. The first-order chi connectivity index (χ1) is 7.36. The van der Waals surface area contributed by atoms with E-state index in [-0.39, 0.29) is 6.23 Å². The summed E-state index contributed by atoms with van der Waals surface area (Å²) in [5.41, 5.74) is 1.14. The maximum Gasteiger partial charge on any atom is 0.150 e. The Balaban J connectivity index is 2.17. The maximum absolute atomic E-state index is 5.64. The van der Waals surface area contributed by atoms with Crippen LogP contribution < -0.4 is 0 Å². The van der Waals surface area contributed by atoms with Gasteiger partial charge in [-0.2, -0.15) is 5.10 Å². The lowest BCUT2D eigenvalue weighted by atomic mass is 10.2. The van der Waals surface area contributed by atoms with Crippen molar-refractivity contribution in [2.24, 2.45) is 0 Å². The van der Waals surface area contributed by atoms with Crippen LogP contribution in [0.5, 0.6) is 0 Å². The Morgan fingerprint density at radius 1 is 1.40 bits per heavy atom. The van der Waals surface area contributed by atoms with Crippen molar-refractivity contribution in [1.29, 1.82) is 0 Å². The molecule has 2 aromatic rings. The molecule has 1 fully saturated rings. The van der Waals surface area contributed by atoms with Crippen LogP contribution in [0.15, 0.2) is 28.9 Å². The second-order valence-corrected chi connectivity index (χ2v) is 4.47. The highest BCUT2D eigenvalue weighted by atomic mass is 79.9. The van der Waals surface area contributed by atoms with Crippen molar-refractivity contribution < 1.29 is 4.74 Å². The number of rotatable bonds is 1. The number of nitrogens with zero attached hydrogens (tertiary/aromatic N) is 2. The summed E-state index contributed by atoms with van der Waals surface area (Å²) in [6.07, 6.45) is 2.29. The lowest BCUT2D eigenvalue weighted by Crippen LogP contribution is -2.08. The van der Waals surface area contributed by atoms with Gasteiger partial charge in [0.2, 0.25) is 0 Å². The van der Waals surface area contributed by atoms with Gasteiger partial charge >= 0.3 is 0 Å². The lowest BCUT2D eigenvalue weighted by Gasteiger charge is -2.10. The third-order valence-corrected chi connectivity index (χ3v) is 3.33. The van der Waals surface area contributed by atoms with E-state index in [2.05, 4.69) is 33.2 Å². The predicted octanol–water partition coefficient (Wildman–Crippen LogP) is 3.11. The minimum absolute atomic E-state index is 0.112. The quantitative estimate of drug-likeness (QED) is 0.793. The van der Waals surface area contributed by atoms with Crippen molar-refractivity contribution in [2.45, 2.75) is 19.1 Å². The minimum atomic E-state index is 0.112. The summed E-state index contributed by atoms with van der Waals surface area (Å²) in [6, 6.07) is 8.20. The highest BCUT2D eigenvalue weighted by molar-refractivity contribution is 9.10. The normalized spacial score (nSPS) is 21.3. The van der Waals surface area contributed by atoms with Gasteiger partial charge < -0.3 is 4.74 Å². The van der Waals surface area contributed by atoms with Crippen LogP contribution in [0.25, 0.3) is 10.9 Å². The molecule has 0 amide bonds. The fourth-order valence-corrected chi connectivity index (χ4v) is 2.53. The van der Waals surface area contributed by atoms with Crippen LogP contribution in [0.4, 0.5) is 0 Å². The molecular formula is C11H11BrN2O. The summed E-state index contributed by atoms with van der Waals surface area (Å²) in [5.74, 6) is 0. The largest absolute Gasteiger partial charge is 0.356 e. The second-order valence-electron chi connectivity index (χ2n) is 3.72. The number of para-hydroxylation sites is 1.